The molecule has 4 heterocycles. The van der Waals surface area contributed by atoms with Gasteiger partial charge in [-0.2, -0.15) is 0 Å². The molecule has 0 aliphatic carbocycles. The Bertz CT molecular complexity index is 948. The molecule has 0 fully saturated rings. The van der Waals surface area contributed by atoms with Gasteiger partial charge in [0.25, 0.3) is 0 Å². The number of nitrogens with zero attached hydrogens (tertiary/aromatic N) is 4. The second kappa shape index (κ2) is 6.48. The summed E-state index contributed by atoms with van der Waals surface area (Å²) < 4.78 is 12.0. The van der Waals surface area contributed by atoms with Crippen LogP contribution in [-0.4, -0.2) is 52.6 Å². The molecule has 26 heavy (non-hydrogen) atoms. The van der Waals surface area contributed by atoms with Gasteiger partial charge in [-0.05, 0) is 47.0 Å². The molecule has 1 aliphatic heterocycles. The van der Waals surface area contributed by atoms with Gasteiger partial charge in [-0.1, -0.05) is 0 Å². The van der Waals surface area contributed by atoms with E-state index in [0.29, 0.717) is 17.9 Å². The van der Waals surface area contributed by atoms with E-state index >= 15 is 0 Å². The molecule has 7 nitrogen and oxygen atoms in total. The first kappa shape index (κ1) is 17.2. The molecule has 0 aromatic carbocycles. The van der Waals surface area contributed by atoms with Crippen molar-refractivity contribution in [2.24, 2.45) is 0 Å². The average Bonchev–Trinajstić information content (AvgIpc) is 2.94. The predicted octanol–water partition coefficient (Wildman–Crippen LogP) is 2.99. The number of nitrogens with one attached hydrogen (secondary N) is 1. The van der Waals surface area contributed by atoms with Gasteiger partial charge in [0, 0.05) is 18.5 Å². The van der Waals surface area contributed by atoms with Crippen LogP contribution < -0.4 is 5.32 Å². The minimum absolute atomic E-state index is 0.196. The van der Waals surface area contributed by atoms with Crippen molar-refractivity contribution in [1.29, 1.82) is 0 Å². The molecule has 0 saturated carbocycles. The molecule has 0 saturated heterocycles. The third kappa shape index (κ3) is 3.24. The van der Waals surface area contributed by atoms with Crippen molar-refractivity contribution in [2.45, 2.75) is 38.9 Å². The number of hydrogen-bond donors (Lipinski definition) is 1. The molecule has 7 heteroatoms. The summed E-state index contributed by atoms with van der Waals surface area (Å²) in [6, 6.07) is 2.10. The van der Waals surface area contributed by atoms with Gasteiger partial charge in [0.15, 0.2) is 11.4 Å². The molecule has 0 unspecified atom stereocenters. The lowest BCUT2D eigenvalue weighted by Gasteiger charge is -2.30. The van der Waals surface area contributed by atoms with Crippen molar-refractivity contribution < 1.29 is 9.15 Å². The van der Waals surface area contributed by atoms with Crippen LogP contribution in [0.4, 0.5) is 5.82 Å². The molecular formula is C19H25N5O2. The first-order valence-corrected chi connectivity index (χ1v) is 9.01. The Morgan fingerprint density at radius 3 is 2.92 bits per heavy atom. The smallest absolute Gasteiger partial charge is 0.229 e. The number of pyridine rings is 1. The molecule has 1 aliphatic rings. The molecule has 3 aromatic heterocycles. The third-order valence-corrected chi connectivity index (χ3v) is 4.70. The Labute approximate surface area is 152 Å². The summed E-state index contributed by atoms with van der Waals surface area (Å²) in [5, 5.41) is 4.28. The Morgan fingerprint density at radius 2 is 2.12 bits per heavy atom. The SMILES string of the molecule is CN(C)CCCNc1ncnc2c1oc1nc3c(cc12)COC(C)(C)C3. The zero-order valence-electron chi connectivity index (χ0n) is 15.8. The zero-order chi connectivity index (χ0) is 18.3. The molecule has 0 amide bonds. The van der Waals surface area contributed by atoms with Gasteiger partial charge in [-0.3, -0.25) is 0 Å². The van der Waals surface area contributed by atoms with E-state index in [0.717, 1.165) is 53.9 Å². The molecule has 1 N–H and O–H groups in total. The zero-order valence-corrected chi connectivity index (χ0v) is 15.8. The van der Waals surface area contributed by atoms with Gasteiger partial charge in [-0.15, -0.1) is 0 Å². The second-order valence-corrected chi connectivity index (χ2v) is 7.76. The second-order valence-electron chi connectivity index (χ2n) is 7.76. The molecular weight excluding hydrogens is 330 g/mol. The highest BCUT2D eigenvalue weighted by Gasteiger charge is 2.28. The minimum Gasteiger partial charge on any atom is -0.432 e. The summed E-state index contributed by atoms with van der Waals surface area (Å²) in [5.74, 6) is 0.723. The summed E-state index contributed by atoms with van der Waals surface area (Å²) in [5.41, 5.74) is 4.04. The van der Waals surface area contributed by atoms with Crippen molar-refractivity contribution in [2.75, 3.05) is 32.5 Å². The van der Waals surface area contributed by atoms with Crippen molar-refractivity contribution >= 4 is 28.0 Å². The van der Waals surface area contributed by atoms with Crippen LogP contribution in [0.3, 0.4) is 0 Å². The number of rotatable bonds is 5. The molecule has 0 spiro atoms. The number of aromatic nitrogens is 3. The van der Waals surface area contributed by atoms with Crippen LogP contribution in [0.2, 0.25) is 0 Å². The number of anilines is 1. The van der Waals surface area contributed by atoms with Gasteiger partial charge < -0.3 is 19.4 Å². The lowest BCUT2D eigenvalue weighted by molar-refractivity contribution is -0.0411. The van der Waals surface area contributed by atoms with Gasteiger partial charge in [0.1, 0.15) is 11.8 Å². The van der Waals surface area contributed by atoms with Crippen LogP contribution in [0.15, 0.2) is 16.8 Å². The fraction of sp³-hybridized carbons (Fsp3) is 0.526. The molecule has 0 atom stereocenters. The number of fused-ring (bicyclic) bond motifs is 4. The highest BCUT2D eigenvalue weighted by Crippen LogP contribution is 2.34. The van der Waals surface area contributed by atoms with Gasteiger partial charge in [0.05, 0.1) is 23.3 Å². The van der Waals surface area contributed by atoms with Gasteiger partial charge in [0.2, 0.25) is 5.71 Å². The summed E-state index contributed by atoms with van der Waals surface area (Å²) >= 11 is 0. The summed E-state index contributed by atoms with van der Waals surface area (Å²) in [6.07, 6.45) is 3.37. The van der Waals surface area contributed by atoms with E-state index < -0.39 is 0 Å². The molecule has 3 aromatic rings. The van der Waals surface area contributed by atoms with Crippen LogP contribution in [0.5, 0.6) is 0 Å². The maximum absolute atomic E-state index is 6.05. The summed E-state index contributed by atoms with van der Waals surface area (Å²) in [4.78, 5) is 15.7. The maximum atomic E-state index is 6.05. The molecule has 0 bridgehead atoms. The Kier molecular flexibility index (Phi) is 4.28. The molecule has 0 radical (unpaired) electrons. The van der Waals surface area contributed by atoms with E-state index in [1.165, 1.54) is 0 Å². The van der Waals surface area contributed by atoms with Crippen molar-refractivity contribution in [3.63, 3.8) is 0 Å². The fourth-order valence-corrected chi connectivity index (χ4v) is 3.31. The predicted molar refractivity (Wildman–Crippen MR) is 101 cm³/mol. The number of ether oxygens (including phenoxy) is 1. The van der Waals surface area contributed by atoms with E-state index in [-0.39, 0.29) is 5.60 Å². The summed E-state index contributed by atoms with van der Waals surface area (Å²) in [7, 11) is 4.14. The largest absolute Gasteiger partial charge is 0.432 e. The topological polar surface area (TPSA) is 76.3 Å². The number of furan rings is 1. The first-order valence-electron chi connectivity index (χ1n) is 9.01. The van der Waals surface area contributed by atoms with Crippen LogP contribution in [0.25, 0.3) is 22.2 Å². The Hall–Kier alpha value is -2.25. The van der Waals surface area contributed by atoms with Gasteiger partial charge >= 0.3 is 0 Å². The van der Waals surface area contributed by atoms with Crippen molar-refractivity contribution in [3.8, 4) is 0 Å². The molecule has 4 rings (SSSR count). The fourth-order valence-electron chi connectivity index (χ4n) is 3.31. The highest BCUT2D eigenvalue weighted by atomic mass is 16.5. The Morgan fingerprint density at radius 1 is 1.27 bits per heavy atom. The van der Waals surface area contributed by atoms with Crippen LogP contribution >= 0.6 is 0 Å². The normalized spacial score (nSPS) is 16.3. The Balaban J connectivity index is 1.69. The number of hydrogen-bond acceptors (Lipinski definition) is 7. The lowest BCUT2D eigenvalue weighted by atomic mass is 9.95. The maximum Gasteiger partial charge on any atom is 0.229 e. The lowest BCUT2D eigenvalue weighted by Crippen LogP contribution is -2.32. The van der Waals surface area contributed by atoms with Crippen molar-refractivity contribution in [1.82, 2.24) is 19.9 Å². The van der Waals surface area contributed by atoms with E-state index in [4.69, 9.17) is 14.1 Å². The third-order valence-electron chi connectivity index (χ3n) is 4.70. The van der Waals surface area contributed by atoms with E-state index in [1.54, 1.807) is 6.33 Å². The standard InChI is InChI=1S/C19H25N5O2/c1-19(2)9-14-12(10-25-19)8-13-15-16(26-18(13)23-14)17(22-11-21-15)20-6-5-7-24(3)4/h8,11H,5-7,9-10H2,1-4H3,(H,20,21,22). The monoisotopic (exact) mass is 355 g/mol. The van der Waals surface area contributed by atoms with Crippen LogP contribution in [-0.2, 0) is 17.8 Å². The van der Waals surface area contributed by atoms with E-state index in [9.17, 15) is 0 Å². The first-order chi connectivity index (χ1) is 12.4. The van der Waals surface area contributed by atoms with Crippen molar-refractivity contribution in [3.05, 3.63) is 23.7 Å². The molecule has 138 valence electrons. The van der Waals surface area contributed by atoms with Crippen LogP contribution in [0, 0.1) is 0 Å². The summed E-state index contributed by atoms with van der Waals surface area (Å²) in [6.45, 7) is 6.58. The van der Waals surface area contributed by atoms with Gasteiger partial charge in [-0.25, -0.2) is 15.0 Å². The van der Waals surface area contributed by atoms with E-state index in [2.05, 4.69) is 54.2 Å². The van der Waals surface area contributed by atoms with E-state index in [1.807, 2.05) is 0 Å². The quantitative estimate of drug-likeness (QED) is 0.705. The minimum atomic E-state index is -0.196. The van der Waals surface area contributed by atoms with Crippen LogP contribution in [0.1, 0.15) is 31.5 Å². The average molecular weight is 355 g/mol. The highest BCUT2D eigenvalue weighted by molar-refractivity contribution is 6.04.